The summed E-state index contributed by atoms with van der Waals surface area (Å²) in [4.78, 5) is 46.6. The average Bonchev–Trinajstić information content (AvgIpc) is 2.52. The van der Waals surface area contributed by atoms with E-state index in [4.69, 9.17) is 10.2 Å². The summed E-state index contributed by atoms with van der Waals surface area (Å²) >= 11 is 0. The second-order valence-corrected chi connectivity index (χ2v) is 5.28. The zero-order valence-corrected chi connectivity index (χ0v) is 14.0. The molecule has 2 amide bonds. The van der Waals surface area contributed by atoms with Crippen molar-refractivity contribution >= 4 is 23.8 Å². The minimum Gasteiger partial charge on any atom is -0.478 e. The van der Waals surface area contributed by atoms with E-state index in [1.165, 1.54) is 9.80 Å². The summed E-state index contributed by atoms with van der Waals surface area (Å²) in [5.74, 6) is -3.02. The predicted octanol–water partition coefficient (Wildman–Crippen LogP) is 0.745. The number of carbonyl (C=O) groups excluding carboxylic acids is 2. The lowest BCUT2D eigenvalue weighted by molar-refractivity contribution is -0.132. The molecule has 0 aromatic heterocycles. The number of likely N-dealkylation sites (N-methyl/N-ethyl adjacent to an activating group) is 2. The number of aliphatic carboxylic acids is 2. The van der Waals surface area contributed by atoms with E-state index in [1.807, 2.05) is 0 Å². The molecule has 0 heterocycles. The summed E-state index contributed by atoms with van der Waals surface area (Å²) in [5.41, 5.74) is 0. The molecule has 24 heavy (non-hydrogen) atoms. The van der Waals surface area contributed by atoms with Crippen LogP contribution in [0.15, 0.2) is 24.3 Å². The molecule has 0 spiro atoms. The first-order valence-electron chi connectivity index (χ1n) is 7.56. The molecule has 0 atom stereocenters. The van der Waals surface area contributed by atoms with E-state index >= 15 is 0 Å². The molecular formula is C16H24N2O6. The Morgan fingerprint density at radius 2 is 1.00 bits per heavy atom. The Morgan fingerprint density at radius 3 is 1.29 bits per heavy atom. The summed E-state index contributed by atoms with van der Waals surface area (Å²) in [5, 5.41) is 16.9. The van der Waals surface area contributed by atoms with Crippen molar-refractivity contribution < 1.29 is 29.4 Å². The van der Waals surface area contributed by atoms with Gasteiger partial charge in [0.15, 0.2) is 0 Å². The fourth-order valence-electron chi connectivity index (χ4n) is 1.81. The molecule has 0 aliphatic rings. The number of carbonyl (C=O) groups is 4. The van der Waals surface area contributed by atoms with Gasteiger partial charge in [-0.2, -0.15) is 0 Å². The molecule has 0 aliphatic heterocycles. The van der Waals surface area contributed by atoms with Crippen LogP contribution in [0.1, 0.15) is 25.7 Å². The molecule has 8 heteroatoms. The molecule has 0 saturated heterocycles. The highest BCUT2D eigenvalue weighted by atomic mass is 16.4. The molecule has 0 rings (SSSR count). The van der Waals surface area contributed by atoms with Gasteiger partial charge in [0.25, 0.3) is 0 Å². The maximum atomic E-state index is 11.5. The van der Waals surface area contributed by atoms with Crippen molar-refractivity contribution in [2.45, 2.75) is 25.7 Å². The van der Waals surface area contributed by atoms with Crippen LogP contribution in [0.2, 0.25) is 0 Å². The van der Waals surface area contributed by atoms with Crippen LogP contribution in [0.25, 0.3) is 0 Å². The Hall–Kier alpha value is -2.64. The first kappa shape index (κ1) is 21.4. The lowest BCUT2D eigenvalue weighted by Gasteiger charge is -2.16. The van der Waals surface area contributed by atoms with Crippen LogP contribution in [0.5, 0.6) is 0 Å². The van der Waals surface area contributed by atoms with E-state index in [0.717, 1.165) is 50.0 Å². The number of hydrogen-bond acceptors (Lipinski definition) is 4. The van der Waals surface area contributed by atoms with Crippen LogP contribution in [0.4, 0.5) is 0 Å². The third-order valence-electron chi connectivity index (χ3n) is 3.23. The lowest BCUT2D eigenvalue weighted by Crippen LogP contribution is -2.26. The Kier molecular flexibility index (Phi) is 10.6. The molecule has 134 valence electrons. The highest BCUT2D eigenvalue weighted by Crippen LogP contribution is 2.03. The third kappa shape index (κ3) is 11.0. The number of unbranched alkanes of at least 4 members (excludes halogenated alkanes) is 3. The monoisotopic (exact) mass is 340 g/mol. The van der Waals surface area contributed by atoms with Gasteiger partial charge in [0, 0.05) is 51.5 Å². The molecule has 0 aromatic carbocycles. The van der Waals surface area contributed by atoms with Crippen molar-refractivity contribution in [1.29, 1.82) is 0 Å². The van der Waals surface area contributed by atoms with E-state index < -0.39 is 11.9 Å². The van der Waals surface area contributed by atoms with Gasteiger partial charge in [-0.25, -0.2) is 9.59 Å². The van der Waals surface area contributed by atoms with Crippen molar-refractivity contribution in [2.24, 2.45) is 0 Å². The van der Waals surface area contributed by atoms with Crippen molar-refractivity contribution in [1.82, 2.24) is 9.80 Å². The molecule has 0 fully saturated rings. The quantitative estimate of drug-likeness (QED) is 0.423. The fourth-order valence-corrected chi connectivity index (χ4v) is 1.81. The first-order valence-corrected chi connectivity index (χ1v) is 7.56. The minimum atomic E-state index is -1.16. The molecular weight excluding hydrogens is 316 g/mol. The zero-order chi connectivity index (χ0) is 18.5. The number of carboxylic acid groups (broad SMARTS) is 2. The molecule has 0 aliphatic carbocycles. The van der Waals surface area contributed by atoms with Gasteiger partial charge in [-0.05, 0) is 12.8 Å². The lowest BCUT2D eigenvalue weighted by atomic mass is 10.2. The number of amides is 2. The van der Waals surface area contributed by atoms with Crippen LogP contribution in [-0.4, -0.2) is 71.0 Å². The topological polar surface area (TPSA) is 115 Å². The third-order valence-corrected chi connectivity index (χ3v) is 3.23. The van der Waals surface area contributed by atoms with Crippen LogP contribution in [0, 0.1) is 0 Å². The van der Waals surface area contributed by atoms with Crippen molar-refractivity contribution in [3.05, 3.63) is 24.3 Å². The predicted molar refractivity (Wildman–Crippen MR) is 87.3 cm³/mol. The Morgan fingerprint density at radius 1 is 0.667 bits per heavy atom. The molecule has 0 aromatic rings. The van der Waals surface area contributed by atoms with Crippen molar-refractivity contribution in [3.8, 4) is 0 Å². The van der Waals surface area contributed by atoms with Gasteiger partial charge in [-0.3, -0.25) is 9.59 Å². The summed E-state index contributed by atoms with van der Waals surface area (Å²) in [6, 6.07) is 0. The standard InChI is InChI=1S/C16H24N2O6/c1-17(13(19)7-9-15(21)22)11-5-3-4-6-12-18(2)14(20)8-10-16(23)24/h7-10H,3-6,11-12H2,1-2H3,(H,21,22)(H,23,24)/b9-7-,10-8-. The SMILES string of the molecule is CN(CCCCCCN(C)C(=O)/C=C\C(=O)O)C(=O)/C=C\C(=O)O. The minimum absolute atomic E-state index is 0.354. The maximum absolute atomic E-state index is 11.5. The molecule has 8 nitrogen and oxygen atoms in total. The normalized spacial score (nSPS) is 10.9. The van der Waals surface area contributed by atoms with E-state index in [-0.39, 0.29) is 11.8 Å². The van der Waals surface area contributed by atoms with Gasteiger partial charge in [-0.15, -0.1) is 0 Å². The van der Waals surface area contributed by atoms with Crippen molar-refractivity contribution in [2.75, 3.05) is 27.2 Å². The molecule has 0 radical (unpaired) electrons. The smallest absolute Gasteiger partial charge is 0.328 e. The molecule has 0 unspecified atom stereocenters. The Balaban J connectivity index is 3.83. The van der Waals surface area contributed by atoms with Gasteiger partial charge < -0.3 is 20.0 Å². The van der Waals surface area contributed by atoms with E-state index in [2.05, 4.69) is 0 Å². The van der Waals surface area contributed by atoms with Crippen LogP contribution in [0.3, 0.4) is 0 Å². The molecule has 0 saturated carbocycles. The average molecular weight is 340 g/mol. The summed E-state index contributed by atoms with van der Waals surface area (Å²) in [6.45, 7) is 1.05. The Bertz CT molecular complexity index is 467. The summed E-state index contributed by atoms with van der Waals surface area (Å²) < 4.78 is 0. The van der Waals surface area contributed by atoms with Crippen LogP contribution in [-0.2, 0) is 19.2 Å². The molecule has 0 bridgehead atoms. The second-order valence-electron chi connectivity index (χ2n) is 5.28. The largest absolute Gasteiger partial charge is 0.478 e. The molecule has 2 N–H and O–H groups in total. The highest BCUT2D eigenvalue weighted by molar-refractivity contribution is 5.94. The van der Waals surface area contributed by atoms with E-state index in [9.17, 15) is 19.2 Å². The van der Waals surface area contributed by atoms with Gasteiger partial charge in [-0.1, -0.05) is 12.8 Å². The fraction of sp³-hybridized carbons (Fsp3) is 0.500. The van der Waals surface area contributed by atoms with Crippen LogP contribution < -0.4 is 0 Å². The Labute approximate surface area is 141 Å². The maximum Gasteiger partial charge on any atom is 0.328 e. The van der Waals surface area contributed by atoms with E-state index in [1.54, 1.807) is 14.1 Å². The van der Waals surface area contributed by atoms with Crippen molar-refractivity contribution in [3.63, 3.8) is 0 Å². The second kappa shape index (κ2) is 11.9. The van der Waals surface area contributed by atoms with Gasteiger partial charge in [0.05, 0.1) is 0 Å². The van der Waals surface area contributed by atoms with Gasteiger partial charge in [0.2, 0.25) is 11.8 Å². The van der Waals surface area contributed by atoms with E-state index in [0.29, 0.717) is 13.1 Å². The summed E-state index contributed by atoms with van der Waals surface area (Å²) in [7, 11) is 3.21. The summed E-state index contributed by atoms with van der Waals surface area (Å²) in [6.07, 6.45) is 6.95. The number of nitrogens with zero attached hydrogens (tertiary/aromatic N) is 2. The zero-order valence-electron chi connectivity index (χ0n) is 14.0. The number of hydrogen-bond donors (Lipinski definition) is 2. The van der Waals surface area contributed by atoms with Crippen LogP contribution >= 0.6 is 0 Å². The van der Waals surface area contributed by atoms with Gasteiger partial charge >= 0.3 is 11.9 Å². The first-order chi connectivity index (χ1) is 11.2. The highest BCUT2D eigenvalue weighted by Gasteiger charge is 2.06. The number of rotatable bonds is 11. The number of carboxylic acids is 2. The van der Waals surface area contributed by atoms with Gasteiger partial charge in [0.1, 0.15) is 0 Å².